The van der Waals surface area contributed by atoms with E-state index in [1.165, 1.54) is 23.2 Å². The Morgan fingerprint density at radius 1 is 0.951 bits per heavy atom. The van der Waals surface area contributed by atoms with Crippen LogP contribution < -0.4 is 9.64 Å². The second kappa shape index (κ2) is 16.7. The highest BCUT2D eigenvalue weighted by Crippen LogP contribution is 2.47. The number of hydrogen-bond donors (Lipinski definition) is 1. The fraction of sp³-hybridized carbons (Fsp3) is 0.583. The number of piperazine rings is 1. The maximum atomic E-state index is 17.7. The SMILES string of the molecule is CCC1CN2CC(CC)CC2(COc2nc(N3C[C@H]4CC[C@@H](C3)N4C(=O)O)c3cnc(-c4cc(C(F)F)cc5cccc(C#C[Si](C(C)C)(C(C)C)C(C)C)c45)c(F)c3n2)C1. The molecule has 4 atom stereocenters. The van der Waals surface area contributed by atoms with Crippen LogP contribution in [0.5, 0.6) is 6.01 Å². The van der Waals surface area contributed by atoms with E-state index in [4.69, 9.17) is 19.7 Å². The molecule has 0 aliphatic carbocycles. The van der Waals surface area contributed by atoms with Crippen molar-refractivity contribution >= 4 is 41.7 Å². The van der Waals surface area contributed by atoms with Crippen molar-refractivity contribution in [1.29, 1.82) is 0 Å². The number of pyridine rings is 1. The summed E-state index contributed by atoms with van der Waals surface area (Å²) in [5.41, 5.74) is 5.23. The summed E-state index contributed by atoms with van der Waals surface area (Å²) in [6, 6.07) is 7.84. The largest absolute Gasteiger partial charge is 0.465 e. The zero-order valence-electron chi connectivity index (χ0n) is 36.9. The Morgan fingerprint density at radius 3 is 2.16 bits per heavy atom. The van der Waals surface area contributed by atoms with Crippen molar-refractivity contribution in [2.75, 3.05) is 37.7 Å². The maximum absolute atomic E-state index is 17.7. The number of carbonyl (C=O) groups is 1. The molecule has 4 fully saturated rings. The summed E-state index contributed by atoms with van der Waals surface area (Å²) in [6.45, 7) is 21.1. The Bertz CT molecular complexity index is 2330. The fourth-order valence-corrected chi connectivity index (χ4v) is 17.2. The number of amides is 1. The van der Waals surface area contributed by atoms with Crippen molar-refractivity contribution in [3.05, 3.63) is 53.5 Å². The van der Waals surface area contributed by atoms with Gasteiger partial charge in [0.15, 0.2) is 5.82 Å². The molecule has 2 aromatic carbocycles. The molecule has 4 aliphatic heterocycles. The average molecular weight is 855 g/mol. The molecule has 0 radical (unpaired) electrons. The van der Waals surface area contributed by atoms with Crippen LogP contribution in [0.3, 0.4) is 0 Å². The van der Waals surface area contributed by atoms with E-state index >= 15 is 4.39 Å². The van der Waals surface area contributed by atoms with Gasteiger partial charge in [-0.05, 0) is 77.7 Å². The molecule has 2 bridgehead atoms. The first-order valence-corrected chi connectivity index (χ1v) is 24.7. The highest BCUT2D eigenvalue weighted by Gasteiger charge is 2.52. The lowest BCUT2D eigenvalue weighted by atomic mass is 9.86. The lowest BCUT2D eigenvalue weighted by Gasteiger charge is -2.40. The van der Waals surface area contributed by atoms with E-state index in [-0.39, 0.29) is 46.0 Å². The first-order valence-electron chi connectivity index (χ1n) is 22.5. The molecular weight excluding hydrogens is 794 g/mol. The van der Waals surface area contributed by atoms with Gasteiger partial charge in [-0.3, -0.25) is 14.8 Å². The predicted octanol–water partition coefficient (Wildman–Crippen LogP) is 11.1. The number of aromatic nitrogens is 3. The van der Waals surface area contributed by atoms with E-state index in [1.54, 1.807) is 6.07 Å². The van der Waals surface area contributed by atoms with Crippen LogP contribution >= 0.6 is 0 Å². The van der Waals surface area contributed by atoms with Crippen molar-refractivity contribution < 1.29 is 27.8 Å². The van der Waals surface area contributed by atoms with Crippen molar-refractivity contribution in [1.82, 2.24) is 24.8 Å². The molecule has 4 saturated heterocycles. The van der Waals surface area contributed by atoms with E-state index in [0.29, 0.717) is 75.7 Å². The van der Waals surface area contributed by atoms with Crippen molar-refractivity contribution in [2.24, 2.45) is 11.8 Å². The van der Waals surface area contributed by atoms with E-state index in [2.05, 4.69) is 71.8 Å². The number of benzene rings is 2. The Hall–Kier alpha value is -4.41. The average Bonchev–Trinajstić information content (AvgIpc) is 3.84. The van der Waals surface area contributed by atoms with Crippen molar-refractivity contribution in [2.45, 2.75) is 135 Å². The Morgan fingerprint density at radius 2 is 1.59 bits per heavy atom. The molecule has 4 aliphatic rings. The van der Waals surface area contributed by atoms with Crippen LogP contribution in [0.25, 0.3) is 32.9 Å². The third kappa shape index (κ3) is 7.53. The second-order valence-corrected chi connectivity index (χ2v) is 24.9. The first kappa shape index (κ1) is 43.2. The summed E-state index contributed by atoms with van der Waals surface area (Å²) in [5.74, 6) is 4.32. The van der Waals surface area contributed by atoms with E-state index in [1.807, 2.05) is 17.0 Å². The molecule has 0 spiro atoms. The van der Waals surface area contributed by atoms with E-state index in [0.717, 1.165) is 51.6 Å². The topological polar surface area (TPSA) is 94.9 Å². The van der Waals surface area contributed by atoms with E-state index < -0.39 is 26.4 Å². The minimum atomic E-state index is -2.80. The number of rotatable bonds is 11. The zero-order chi connectivity index (χ0) is 43.5. The number of halogens is 3. The molecule has 2 aromatic heterocycles. The lowest BCUT2D eigenvalue weighted by Crippen LogP contribution is -2.55. The van der Waals surface area contributed by atoms with E-state index in [9.17, 15) is 18.7 Å². The monoisotopic (exact) mass is 854 g/mol. The summed E-state index contributed by atoms with van der Waals surface area (Å²) in [4.78, 5) is 32.8. The van der Waals surface area contributed by atoms with Crippen LogP contribution in [0.2, 0.25) is 16.6 Å². The molecule has 2 unspecified atom stereocenters. The van der Waals surface area contributed by atoms with Gasteiger partial charge in [-0.2, -0.15) is 9.97 Å². The summed E-state index contributed by atoms with van der Waals surface area (Å²) >= 11 is 0. The standard InChI is InChI=1S/C48H61F3N6O3Si/c1-9-31-20-48(21-32(10-2)24-56(48)23-31)27-60-46-53-43-39(45(54-46)55-25-36-14-15-37(26-55)57(36)47(58)59)22-52-42(41(43)49)38-19-35(44(50)51)18-34-13-11-12-33(40(34)38)16-17-61(28(3)4,29(5)6)30(7)8/h11-13,18-19,22,28-32,36-37,44H,9-10,14-15,20-21,23-27H2,1-8H3,(H,58,59)/t31?,32?,36-,37+,48?. The number of hydrogen-bond acceptors (Lipinski definition) is 7. The lowest BCUT2D eigenvalue weighted by molar-refractivity contribution is 0.107. The van der Waals surface area contributed by atoms with Crippen LogP contribution in [0.1, 0.15) is 111 Å². The molecule has 4 aromatic rings. The molecule has 1 N–H and O–H groups in total. The Balaban J connectivity index is 1.29. The molecule has 61 heavy (non-hydrogen) atoms. The van der Waals surface area contributed by atoms with Gasteiger partial charge in [0.05, 0.1) is 23.0 Å². The Kier molecular flexibility index (Phi) is 11.8. The van der Waals surface area contributed by atoms with Gasteiger partial charge < -0.3 is 14.7 Å². The minimum Gasteiger partial charge on any atom is -0.465 e. The molecule has 1 amide bonds. The normalized spacial score (nSPS) is 24.2. The molecule has 6 heterocycles. The highest BCUT2D eigenvalue weighted by atomic mass is 28.3. The number of alkyl halides is 2. The number of nitrogens with zero attached hydrogens (tertiary/aromatic N) is 6. The van der Waals surface area contributed by atoms with Gasteiger partial charge in [0, 0.05) is 54.5 Å². The number of carboxylic acid groups (broad SMARTS) is 1. The van der Waals surface area contributed by atoms with Crippen molar-refractivity contribution in [3.8, 4) is 28.7 Å². The fourth-order valence-electron chi connectivity index (χ4n) is 12.0. The quantitative estimate of drug-likeness (QED) is 0.118. The third-order valence-corrected chi connectivity index (χ3v) is 21.3. The predicted molar refractivity (Wildman–Crippen MR) is 239 cm³/mol. The van der Waals surface area contributed by atoms with Gasteiger partial charge in [-0.15, -0.1) is 5.54 Å². The number of anilines is 1. The van der Waals surface area contributed by atoms with Gasteiger partial charge in [-0.1, -0.05) is 86.3 Å². The molecule has 9 nitrogen and oxygen atoms in total. The van der Waals surface area contributed by atoms with Gasteiger partial charge in [0.1, 0.15) is 31.7 Å². The molecule has 8 rings (SSSR count). The molecule has 13 heteroatoms. The van der Waals surface area contributed by atoms with Gasteiger partial charge >= 0.3 is 12.1 Å². The van der Waals surface area contributed by atoms with Gasteiger partial charge in [0.2, 0.25) is 0 Å². The summed E-state index contributed by atoms with van der Waals surface area (Å²) in [5, 5.41) is 11.5. The van der Waals surface area contributed by atoms with Crippen LogP contribution in [0.4, 0.5) is 23.8 Å². The molecule has 0 saturated carbocycles. The minimum absolute atomic E-state index is 0.0203. The van der Waals surface area contributed by atoms with Crippen LogP contribution in [-0.2, 0) is 0 Å². The first-order chi connectivity index (χ1) is 29.1. The smallest absolute Gasteiger partial charge is 0.407 e. The molecule has 326 valence electrons. The molecular formula is C48H61F3N6O3Si. The van der Waals surface area contributed by atoms with Crippen LogP contribution in [-0.4, -0.2) is 94.4 Å². The van der Waals surface area contributed by atoms with Gasteiger partial charge in [0.25, 0.3) is 6.43 Å². The van der Waals surface area contributed by atoms with Crippen molar-refractivity contribution in [3.63, 3.8) is 0 Å². The highest BCUT2D eigenvalue weighted by molar-refractivity contribution is 6.90. The Labute approximate surface area is 359 Å². The maximum Gasteiger partial charge on any atom is 0.407 e. The summed E-state index contributed by atoms with van der Waals surface area (Å²) in [7, 11) is -2.20. The second-order valence-electron chi connectivity index (χ2n) is 19.3. The number of fused-ring (bicyclic) bond motifs is 5. The van der Waals surface area contributed by atoms with Gasteiger partial charge in [-0.25, -0.2) is 18.0 Å². The zero-order valence-corrected chi connectivity index (χ0v) is 37.9. The van der Waals surface area contributed by atoms with Crippen LogP contribution in [0.15, 0.2) is 36.5 Å². The number of ether oxygens (including phenoxy) is 1. The third-order valence-electron chi connectivity index (χ3n) is 15.0. The summed E-state index contributed by atoms with van der Waals surface area (Å²) in [6.07, 6.45) is 3.43. The van der Waals surface area contributed by atoms with Crippen LogP contribution in [0, 0.1) is 29.1 Å². The summed E-state index contributed by atoms with van der Waals surface area (Å²) < 4.78 is 53.6.